The molecule has 0 unspecified atom stereocenters. The Morgan fingerprint density at radius 1 is 1.17 bits per heavy atom. The molecule has 6 nitrogen and oxygen atoms in total. The van der Waals surface area contributed by atoms with E-state index < -0.39 is 29.4 Å². The predicted molar refractivity (Wildman–Crippen MR) is 114 cm³/mol. The van der Waals surface area contributed by atoms with Crippen LogP contribution in [0.25, 0.3) is 6.08 Å². The normalized spacial score (nSPS) is 19.0. The second-order valence-corrected chi connectivity index (χ2v) is 8.47. The van der Waals surface area contributed by atoms with E-state index in [9.17, 15) is 18.8 Å². The minimum absolute atomic E-state index is 0.00839. The van der Waals surface area contributed by atoms with Crippen LogP contribution in [0.2, 0.25) is 0 Å². The lowest BCUT2D eigenvalue weighted by Gasteiger charge is -2.23. The summed E-state index contributed by atoms with van der Waals surface area (Å²) in [5.41, 5.74) is 0.857. The third kappa shape index (κ3) is 4.48. The smallest absolute Gasteiger partial charge is 0.294 e. The van der Waals surface area contributed by atoms with E-state index >= 15 is 0 Å². The van der Waals surface area contributed by atoms with Gasteiger partial charge in [-0.3, -0.25) is 19.3 Å². The highest BCUT2D eigenvalue weighted by Gasteiger charge is 2.36. The summed E-state index contributed by atoms with van der Waals surface area (Å²) in [4.78, 5) is 38.3. The van der Waals surface area contributed by atoms with Crippen LogP contribution in [0, 0.1) is 5.82 Å². The number of halogens is 1. The average Bonchev–Trinajstić information content (AvgIpc) is 3.31. The van der Waals surface area contributed by atoms with E-state index in [2.05, 4.69) is 9.88 Å². The highest BCUT2D eigenvalue weighted by molar-refractivity contribution is 8.18. The fraction of sp³-hybridized carbons (Fsp3) is 0.318. The van der Waals surface area contributed by atoms with Crippen LogP contribution in [-0.2, 0) is 9.59 Å². The molecule has 0 spiro atoms. The lowest BCUT2D eigenvalue weighted by molar-refractivity contribution is -0.127. The molecule has 1 saturated heterocycles. The number of amides is 3. The van der Waals surface area contributed by atoms with Crippen LogP contribution in [0.3, 0.4) is 0 Å². The molecule has 4 rings (SSSR count). The van der Waals surface area contributed by atoms with Crippen molar-refractivity contribution in [3.63, 3.8) is 0 Å². The summed E-state index contributed by atoms with van der Waals surface area (Å²) in [5.74, 6) is -1.73. The van der Waals surface area contributed by atoms with E-state index in [-0.39, 0.29) is 10.6 Å². The lowest BCUT2D eigenvalue weighted by Crippen LogP contribution is -2.36. The topological polar surface area (TPSA) is 71.4 Å². The number of rotatable bonds is 5. The Balaban J connectivity index is 1.41. The number of anilines is 1. The first-order valence-corrected chi connectivity index (χ1v) is 10.8. The van der Waals surface area contributed by atoms with Gasteiger partial charge in [0.2, 0.25) is 5.91 Å². The number of benzene rings is 1. The van der Waals surface area contributed by atoms with E-state index in [1.165, 1.54) is 37.5 Å². The van der Waals surface area contributed by atoms with E-state index in [1.54, 1.807) is 12.1 Å². The maximum Gasteiger partial charge on any atom is 0.294 e. The van der Waals surface area contributed by atoms with Crippen molar-refractivity contribution in [3.05, 3.63) is 59.0 Å². The van der Waals surface area contributed by atoms with Gasteiger partial charge in [-0.2, -0.15) is 0 Å². The molecule has 1 aromatic heterocycles. The molecule has 3 amide bonds. The Kier molecular flexibility index (Phi) is 6.03. The van der Waals surface area contributed by atoms with Gasteiger partial charge >= 0.3 is 0 Å². The molecule has 156 valence electrons. The van der Waals surface area contributed by atoms with Gasteiger partial charge < -0.3 is 9.88 Å². The highest BCUT2D eigenvalue weighted by Crippen LogP contribution is 2.33. The molecule has 8 heteroatoms. The number of para-hydroxylation sites is 1. The van der Waals surface area contributed by atoms with E-state index in [0.29, 0.717) is 6.04 Å². The molecule has 0 atom stereocenters. The summed E-state index contributed by atoms with van der Waals surface area (Å²) >= 11 is 0.808. The van der Waals surface area contributed by atoms with Crippen LogP contribution >= 0.6 is 11.8 Å². The summed E-state index contributed by atoms with van der Waals surface area (Å²) < 4.78 is 15.9. The van der Waals surface area contributed by atoms with Crippen LogP contribution in [0.5, 0.6) is 0 Å². The number of nitrogens with one attached hydrogen (secondary N) is 1. The third-order valence-electron chi connectivity index (χ3n) is 5.35. The maximum atomic E-state index is 13.7. The summed E-state index contributed by atoms with van der Waals surface area (Å²) in [6.07, 6.45) is 11.7. The Morgan fingerprint density at radius 3 is 2.70 bits per heavy atom. The number of imide groups is 1. The number of hydrogen-bond donors (Lipinski definition) is 1. The van der Waals surface area contributed by atoms with E-state index in [4.69, 9.17) is 0 Å². The van der Waals surface area contributed by atoms with Crippen LogP contribution in [0.1, 0.15) is 43.7 Å². The second kappa shape index (κ2) is 8.87. The first kappa shape index (κ1) is 20.4. The van der Waals surface area contributed by atoms with Crippen molar-refractivity contribution in [2.24, 2.45) is 0 Å². The molecule has 0 radical (unpaired) electrons. The summed E-state index contributed by atoms with van der Waals surface area (Å²) in [7, 11) is 0. The third-order valence-corrected chi connectivity index (χ3v) is 6.26. The average molecular weight is 428 g/mol. The molecular formula is C22H22FN3O3S. The van der Waals surface area contributed by atoms with Crippen molar-refractivity contribution in [2.75, 3.05) is 11.9 Å². The van der Waals surface area contributed by atoms with Gasteiger partial charge in [-0.1, -0.05) is 31.4 Å². The minimum Gasteiger partial charge on any atom is -0.351 e. The van der Waals surface area contributed by atoms with Gasteiger partial charge in [0, 0.05) is 18.4 Å². The van der Waals surface area contributed by atoms with Crippen molar-refractivity contribution < 1.29 is 18.8 Å². The molecule has 30 heavy (non-hydrogen) atoms. The lowest BCUT2D eigenvalue weighted by atomic mass is 9.95. The number of aromatic nitrogens is 1. The van der Waals surface area contributed by atoms with Crippen molar-refractivity contribution in [1.82, 2.24) is 9.47 Å². The van der Waals surface area contributed by atoms with Gasteiger partial charge in [0.05, 0.1) is 10.6 Å². The fourth-order valence-corrected chi connectivity index (χ4v) is 4.64. The highest BCUT2D eigenvalue weighted by atomic mass is 32.2. The molecule has 2 heterocycles. The molecule has 2 aliphatic rings. The zero-order chi connectivity index (χ0) is 21.1. The van der Waals surface area contributed by atoms with Crippen molar-refractivity contribution in [3.8, 4) is 0 Å². The Morgan fingerprint density at radius 2 is 1.93 bits per heavy atom. The van der Waals surface area contributed by atoms with Gasteiger partial charge in [-0.05, 0) is 54.4 Å². The molecule has 2 aromatic rings. The molecule has 1 aliphatic carbocycles. The molecule has 1 saturated carbocycles. The van der Waals surface area contributed by atoms with Gasteiger partial charge in [0.15, 0.2) is 0 Å². The number of nitrogens with zero attached hydrogens (tertiary/aromatic N) is 2. The standard InChI is InChI=1S/C22H22FN3O3S/c23-17-8-4-5-9-18(17)24-20(27)14-26-21(28)19(30-22(26)29)12-15-10-11-25(13-15)16-6-2-1-3-7-16/h4-5,8-13,16H,1-3,6-7,14H2,(H,24,27)/b19-12+. The second-order valence-electron chi connectivity index (χ2n) is 7.48. The van der Waals surface area contributed by atoms with Gasteiger partial charge in [0.1, 0.15) is 12.4 Å². The van der Waals surface area contributed by atoms with Crippen LogP contribution in [0.15, 0.2) is 47.6 Å². The SMILES string of the molecule is O=C(CN1C(=O)S/C(=C/c2ccn(C3CCCCC3)c2)C1=O)Nc1ccccc1F. The van der Waals surface area contributed by atoms with Crippen LogP contribution in [0.4, 0.5) is 14.9 Å². The van der Waals surface area contributed by atoms with Crippen molar-refractivity contribution in [1.29, 1.82) is 0 Å². The predicted octanol–water partition coefficient (Wildman–Crippen LogP) is 4.81. The monoisotopic (exact) mass is 427 g/mol. The molecular weight excluding hydrogens is 405 g/mol. The zero-order valence-electron chi connectivity index (χ0n) is 16.3. The zero-order valence-corrected chi connectivity index (χ0v) is 17.2. The quantitative estimate of drug-likeness (QED) is 0.696. The maximum absolute atomic E-state index is 13.7. The first-order valence-electron chi connectivity index (χ1n) is 9.98. The summed E-state index contributed by atoms with van der Waals surface area (Å²) in [5, 5.41) is 1.88. The summed E-state index contributed by atoms with van der Waals surface area (Å²) in [6, 6.07) is 8.14. The number of thioether (sulfide) groups is 1. The van der Waals surface area contributed by atoms with Crippen LogP contribution < -0.4 is 5.32 Å². The number of carbonyl (C=O) groups is 3. The van der Waals surface area contributed by atoms with Crippen LogP contribution in [-0.4, -0.2) is 33.1 Å². The number of hydrogen-bond acceptors (Lipinski definition) is 4. The molecule has 0 bridgehead atoms. The first-order chi connectivity index (χ1) is 14.5. The minimum atomic E-state index is -0.632. The fourth-order valence-electron chi connectivity index (χ4n) is 3.81. The summed E-state index contributed by atoms with van der Waals surface area (Å²) in [6.45, 7) is -0.459. The van der Waals surface area contributed by atoms with Crippen molar-refractivity contribution >= 4 is 40.6 Å². The molecule has 1 aromatic carbocycles. The Labute approximate surface area is 178 Å². The largest absolute Gasteiger partial charge is 0.351 e. The Bertz CT molecular complexity index is 1010. The van der Waals surface area contributed by atoms with E-state index in [0.717, 1.165) is 35.1 Å². The van der Waals surface area contributed by atoms with Crippen molar-refractivity contribution in [2.45, 2.75) is 38.1 Å². The molecule has 1 aliphatic heterocycles. The molecule has 2 fully saturated rings. The van der Waals surface area contributed by atoms with E-state index in [1.807, 2.05) is 18.5 Å². The molecule has 1 N–H and O–H groups in total. The van der Waals surface area contributed by atoms with Gasteiger partial charge in [-0.25, -0.2) is 4.39 Å². The van der Waals surface area contributed by atoms with Gasteiger partial charge in [-0.15, -0.1) is 0 Å². The number of carbonyl (C=O) groups excluding carboxylic acids is 3. The Hall–Kier alpha value is -2.87. The van der Waals surface area contributed by atoms with Gasteiger partial charge in [0.25, 0.3) is 11.1 Å².